The molecule has 0 amide bonds. The smallest absolute Gasteiger partial charge is 0.387 e. The van der Waals surface area contributed by atoms with Gasteiger partial charge in [-0.15, -0.1) is 0 Å². The van der Waals surface area contributed by atoms with E-state index in [-0.39, 0.29) is 11.3 Å². The van der Waals surface area contributed by atoms with Crippen molar-refractivity contribution in [1.82, 2.24) is 0 Å². The molecule has 0 saturated heterocycles. The minimum atomic E-state index is -3.13. The van der Waals surface area contributed by atoms with Gasteiger partial charge in [0.15, 0.2) is 0 Å². The van der Waals surface area contributed by atoms with Gasteiger partial charge in [0.05, 0.1) is 4.92 Å². The highest BCUT2D eigenvalue weighted by atomic mass is 32.2. The van der Waals surface area contributed by atoms with Crippen LogP contribution >= 0.6 is 0 Å². The number of nitrogens with one attached hydrogen (secondary N) is 1. The summed E-state index contributed by atoms with van der Waals surface area (Å²) in [5, 5.41) is 14.2. The number of anilines is 1. The molecule has 9 heteroatoms. The Morgan fingerprint density at radius 3 is 2.83 bits per heavy atom. The molecule has 0 spiro atoms. The van der Waals surface area contributed by atoms with E-state index in [1.54, 1.807) is 0 Å². The predicted octanol–water partition coefficient (Wildman–Crippen LogP) is 3.69. The van der Waals surface area contributed by atoms with Gasteiger partial charge < -0.3 is 10.1 Å². The summed E-state index contributed by atoms with van der Waals surface area (Å²) >= 11 is 0. The molecule has 3 atom stereocenters. The van der Waals surface area contributed by atoms with Gasteiger partial charge in [0.1, 0.15) is 0 Å². The van der Waals surface area contributed by atoms with Crippen molar-refractivity contribution in [2.45, 2.75) is 50.5 Å². The highest BCUT2D eigenvalue weighted by Gasteiger charge is 2.26. The predicted molar refractivity (Wildman–Crippen MR) is 88.1 cm³/mol. The van der Waals surface area contributed by atoms with E-state index in [9.17, 15) is 23.1 Å². The van der Waals surface area contributed by atoms with Crippen LogP contribution in [0.2, 0.25) is 0 Å². The molecule has 3 unspecified atom stereocenters. The van der Waals surface area contributed by atoms with Crippen molar-refractivity contribution in [3.8, 4) is 5.75 Å². The molecule has 6 nitrogen and oxygen atoms in total. The van der Waals surface area contributed by atoms with Gasteiger partial charge in [0.25, 0.3) is 0 Å². The average molecular weight is 362 g/mol. The van der Waals surface area contributed by atoms with Gasteiger partial charge in [-0.1, -0.05) is 13.3 Å². The van der Waals surface area contributed by atoms with E-state index < -0.39 is 33.8 Å². The molecule has 1 aromatic rings. The lowest BCUT2D eigenvalue weighted by atomic mass is 9.94. The fourth-order valence-corrected chi connectivity index (χ4v) is 4.28. The van der Waals surface area contributed by atoms with Gasteiger partial charge in [-0.05, 0) is 25.3 Å². The minimum absolute atomic E-state index is 0.0557. The van der Waals surface area contributed by atoms with Gasteiger partial charge in [0, 0.05) is 45.7 Å². The number of nitro benzene ring substituents is 1. The lowest BCUT2D eigenvalue weighted by Crippen LogP contribution is -2.33. The SMILES string of the molecule is CCS(=O)C1CCCC(Nc2ccc([N+](=O)[O-])c(OC(F)F)c2)C1. The summed E-state index contributed by atoms with van der Waals surface area (Å²) in [6.45, 7) is -1.25. The van der Waals surface area contributed by atoms with Crippen molar-refractivity contribution < 1.29 is 22.6 Å². The van der Waals surface area contributed by atoms with E-state index in [0.717, 1.165) is 31.7 Å². The maximum absolute atomic E-state index is 12.4. The fraction of sp³-hybridized carbons (Fsp3) is 0.600. The quantitative estimate of drug-likeness (QED) is 0.591. The molecule has 1 aromatic carbocycles. The van der Waals surface area contributed by atoms with Crippen LogP contribution in [0.15, 0.2) is 18.2 Å². The Bertz CT molecular complexity index is 615. The molecule has 1 aliphatic carbocycles. The summed E-state index contributed by atoms with van der Waals surface area (Å²) < 4.78 is 41.1. The lowest BCUT2D eigenvalue weighted by Gasteiger charge is -2.29. The zero-order chi connectivity index (χ0) is 17.7. The molecule has 0 aliphatic heterocycles. The Morgan fingerprint density at radius 2 is 2.21 bits per heavy atom. The first-order valence-electron chi connectivity index (χ1n) is 7.77. The van der Waals surface area contributed by atoms with Crippen LogP contribution in [0.5, 0.6) is 5.75 Å². The third-order valence-corrected chi connectivity index (χ3v) is 5.77. The topological polar surface area (TPSA) is 81.5 Å². The first-order valence-corrected chi connectivity index (χ1v) is 9.15. The number of hydrogen-bond acceptors (Lipinski definition) is 5. The lowest BCUT2D eigenvalue weighted by molar-refractivity contribution is -0.386. The largest absolute Gasteiger partial charge is 0.427 e. The van der Waals surface area contributed by atoms with Crippen LogP contribution in [0.3, 0.4) is 0 Å². The summed E-state index contributed by atoms with van der Waals surface area (Å²) in [4.78, 5) is 10.1. The number of hydrogen-bond donors (Lipinski definition) is 1. The third kappa shape index (κ3) is 4.86. The molecule has 0 bridgehead atoms. The zero-order valence-corrected chi connectivity index (χ0v) is 14.1. The normalized spacial score (nSPS) is 22.2. The molecule has 1 N–H and O–H groups in total. The van der Waals surface area contributed by atoms with E-state index in [2.05, 4.69) is 10.1 Å². The van der Waals surface area contributed by atoms with Crippen molar-refractivity contribution in [1.29, 1.82) is 0 Å². The first kappa shape index (κ1) is 18.6. The van der Waals surface area contributed by atoms with Crippen LogP contribution in [0.25, 0.3) is 0 Å². The summed E-state index contributed by atoms with van der Waals surface area (Å²) in [5.74, 6) is 0.144. The molecular weight excluding hydrogens is 342 g/mol. The van der Waals surface area contributed by atoms with Gasteiger partial charge in [0.2, 0.25) is 5.75 Å². The van der Waals surface area contributed by atoms with Crippen LogP contribution in [-0.2, 0) is 10.8 Å². The summed E-state index contributed by atoms with van der Waals surface area (Å²) in [5.41, 5.74) is -0.0290. The van der Waals surface area contributed by atoms with Crippen LogP contribution in [-0.4, -0.2) is 32.8 Å². The number of nitrogens with zero attached hydrogens (tertiary/aromatic N) is 1. The van der Waals surface area contributed by atoms with Crippen molar-refractivity contribution >= 4 is 22.2 Å². The highest BCUT2D eigenvalue weighted by Crippen LogP contribution is 2.33. The highest BCUT2D eigenvalue weighted by molar-refractivity contribution is 7.85. The van der Waals surface area contributed by atoms with Crippen LogP contribution in [0.4, 0.5) is 20.2 Å². The summed E-state index contributed by atoms with van der Waals surface area (Å²) in [6.07, 6.45) is 3.45. The molecule has 1 fully saturated rings. The Kier molecular flexibility index (Phi) is 6.47. The van der Waals surface area contributed by atoms with Crippen LogP contribution in [0.1, 0.15) is 32.6 Å². The average Bonchev–Trinajstić information content (AvgIpc) is 2.53. The zero-order valence-electron chi connectivity index (χ0n) is 13.2. The fourth-order valence-electron chi connectivity index (χ4n) is 2.93. The Labute approximate surface area is 141 Å². The van der Waals surface area contributed by atoms with Crippen LogP contribution < -0.4 is 10.1 Å². The number of ether oxygens (including phenoxy) is 1. The molecule has 24 heavy (non-hydrogen) atoms. The van der Waals surface area contributed by atoms with Gasteiger partial charge >= 0.3 is 12.3 Å². The van der Waals surface area contributed by atoms with E-state index in [0.29, 0.717) is 11.4 Å². The monoisotopic (exact) mass is 362 g/mol. The minimum Gasteiger partial charge on any atom is -0.427 e. The summed E-state index contributed by atoms with van der Waals surface area (Å²) in [7, 11) is -0.867. The van der Waals surface area contributed by atoms with Gasteiger partial charge in [-0.25, -0.2) is 0 Å². The molecule has 0 heterocycles. The second-order valence-electron chi connectivity index (χ2n) is 5.62. The number of benzene rings is 1. The Balaban J connectivity index is 2.11. The Morgan fingerprint density at radius 1 is 1.46 bits per heavy atom. The van der Waals surface area contributed by atoms with Crippen LogP contribution in [0, 0.1) is 10.1 Å². The first-order chi connectivity index (χ1) is 11.4. The number of alkyl halides is 2. The Hall–Kier alpha value is -1.77. The molecule has 1 aliphatic rings. The molecule has 0 radical (unpaired) electrons. The molecule has 2 rings (SSSR count). The maximum Gasteiger partial charge on any atom is 0.387 e. The van der Waals surface area contributed by atoms with Gasteiger partial charge in [-0.3, -0.25) is 14.3 Å². The van der Waals surface area contributed by atoms with Crippen molar-refractivity contribution in [2.75, 3.05) is 11.1 Å². The second-order valence-corrected chi connectivity index (χ2v) is 7.62. The second kappa shape index (κ2) is 8.36. The molecule has 1 saturated carbocycles. The van der Waals surface area contributed by atoms with Crippen molar-refractivity contribution in [3.63, 3.8) is 0 Å². The molecular formula is C15H20F2N2O4S. The van der Waals surface area contributed by atoms with E-state index in [4.69, 9.17) is 0 Å². The third-order valence-electron chi connectivity index (χ3n) is 4.03. The van der Waals surface area contributed by atoms with E-state index in [1.807, 2.05) is 6.92 Å². The van der Waals surface area contributed by atoms with Gasteiger partial charge in [-0.2, -0.15) is 8.78 Å². The van der Waals surface area contributed by atoms with Crippen molar-refractivity contribution in [3.05, 3.63) is 28.3 Å². The molecule has 0 aromatic heterocycles. The van der Waals surface area contributed by atoms with E-state index >= 15 is 0 Å². The standard InChI is InChI=1S/C15H20F2N2O4S/c1-2-24(22)12-5-3-4-10(8-12)18-11-6-7-13(19(20)21)14(9-11)23-15(16)17/h6-7,9-10,12,15,18H,2-5,8H2,1H3. The summed E-state index contributed by atoms with van der Waals surface area (Å²) in [6, 6.07) is 3.88. The van der Waals surface area contributed by atoms with E-state index in [1.165, 1.54) is 12.1 Å². The maximum atomic E-state index is 12.4. The number of halogens is 2. The number of nitro groups is 1. The molecule has 134 valence electrons. The van der Waals surface area contributed by atoms with Crippen molar-refractivity contribution in [2.24, 2.45) is 0 Å². The number of rotatable bonds is 7.